The molecule has 9 heteroatoms. The van der Waals surface area contributed by atoms with Crippen LogP contribution in [0.3, 0.4) is 0 Å². The van der Waals surface area contributed by atoms with E-state index in [4.69, 9.17) is 5.73 Å². The first-order valence-electron chi connectivity index (χ1n) is 13.2. The third-order valence-electron chi connectivity index (χ3n) is 9.78. The van der Waals surface area contributed by atoms with Crippen molar-refractivity contribution in [1.29, 1.82) is 0 Å². The summed E-state index contributed by atoms with van der Waals surface area (Å²) < 4.78 is 0. The van der Waals surface area contributed by atoms with Crippen LogP contribution >= 0.6 is 0 Å². The van der Waals surface area contributed by atoms with Crippen LogP contribution in [0.5, 0.6) is 5.75 Å². The first-order chi connectivity index (χ1) is 18.6. The van der Waals surface area contributed by atoms with E-state index in [1.54, 1.807) is 18.2 Å². The van der Waals surface area contributed by atoms with Gasteiger partial charge in [-0.05, 0) is 53.9 Å². The molecule has 6 N–H and O–H groups in total. The first-order valence-corrected chi connectivity index (χ1v) is 13.2. The molecular weight excluding hydrogens is 496 g/mol. The second kappa shape index (κ2) is 7.80. The van der Waals surface area contributed by atoms with E-state index < -0.39 is 34.4 Å². The Kier molecular flexibility index (Phi) is 4.82. The summed E-state index contributed by atoms with van der Waals surface area (Å²) in [6, 6.07) is 15.1. The summed E-state index contributed by atoms with van der Waals surface area (Å²) in [6.45, 7) is 0.815. The van der Waals surface area contributed by atoms with Crippen LogP contribution in [0.1, 0.15) is 44.7 Å². The van der Waals surface area contributed by atoms with E-state index in [0.717, 1.165) is 24.1 Å². The van der Waals surface area contributed by atoms with Gasteiger partial charge in [0.1, 0.15) is 17.4 Å². The van der Waals surface area contributed by atoms with Crippen LogP contribution in [-0.2, 0) is 34.9 Å². The van der Waals surface area contributed by atoms with Gasteiger partial charge in [0.25, 0.3) is 11.5 Å². The molecule has 2 aromatic carbocycles. The predicted molar refractivity (Wildman–Crippen MR) is 143 cm³/mol. The lowest BCUT2D eigenvalue weighted by atomic mass is 9.55. The molecular formula is C30H30N4O5. The lowest BCUT2D eigenvalue weighted by molar-refractivity contribution is -0.126. The highest BCUT2D eigenvalue weighted by molar-refractivity contribution is 5.97. The molecule has 5 atom stereocenters. The number of nitrogens with one attached hydrogen (secondary N) is 2. The summed E-state index contributed by atoms with van der Waals surface area (Å²) in [4.78, 5) is 43.6. The Morgan fingerprint density at radius 2 is 1.92 bits per heavy atom. The largest absolute Gasteiger partial charge is 0.508 e. The van der Waals surface area contributed by atoms with Crippen molar-refractivity contribution in [2.24, 2.45) is 5.73 Å². The molecule has 2 bridgehead atoms. The average molecular weight is 527 g/mol. The number of primary amides is 1. The highest BCUT2D eigenvalue weighted by Crippen LogP contribution is 2.72. The second-order valence-electron chi connectivity index (χ2n) is 11.9. The minimum atomic E-state index is -1.14. The molecule has 9 nitrogen and oxygen atoms in total. The number of pyridine rings is 1. The number of hydrogen-bond acceptors (Lipinski definition) is 6. The molecule has 2 amide bonds. The Hall–Kier alpha value is -3.95. The molecule has 2 fully saturated rings. The molecule has 2 spiro atoms. The maximum absolute atomic E-state index is 13.2. The van der Waals surface area contributed by atoms with Gasteiger partial charge in [-0.1, -0.05) is 36.4 Å². The lowest BCUT2D eigenvalue weighted by Gasteiger charge is -2.61. The summed E-state index contributed by atoms with van der Waals surface area (Å²) >= 11 is 0. The van der Waals surface area contributed by atoms with Crippen molar-refractivity contribution in [3.8, 4) is 5.75 Å². The van der Waals surface area contributed by atoms with Crippen LogP contribution < -0.4 is 16.6 Å². The lowest BCUT2D eigenvalue weighted by Crippen LogP contribution is -2.74. The Balaban J connectivity index is 1.25. The molecule has 39 heavy (non-hydrogen) atoms. The molecule has 1 saturated carbocycles. The zero-order valence-corrected chi connectivity index (χ0v) is 21.5. The van der Waals surface area contributed by atoms with E-state index in [2.05, 4.69) is 15.2 Å². The smallest absolute Gasteiger partial charge is 0.261 e. The van der Waals surface area contributed by atoms with Gasteiger partial charge >= 0.3 is 0 Å². The number of aromatic hydroxyl groups is 1. The minimum absolute atomic E-state index is 0.107. The number of aromatic nitrogens is 1. The normalized spacial score (nSPS) is 30.4. The van der Waals surface area contributed by atoms with Crippen LogP contribution in [0.15, 0.2) is 59.4 Å². The van der Waals surface area contributed by atoms with Gasteiger partial charge < -0.3 is 26.2 Å². The van der Waals surface area contributed by atoms with Gasteiger partial charge in [0.2, 0.25) is 5.91 Å². The molecule has 200 valence electrons. The first kappa shape index (κ1) is 24.1. The van der Waals surface area contributed by atoms with Crippen molar-refractivity contribution in [3.63, 3.8) is 0 Å². The third kappa shape index (κ3) is 3.05. The number of benzene rings is 2. The van der Waals surface area contributed by atoms with E-state index in [-0.39, 0.29) is 35.6 Å². The van der Waals surface area contributed by atoms with Crippen LogP contribution in [0.2, 0.25) is 0 Å². The number of carbonyl (C=O) groups is 2. The maximum atomic E-state index is 13.2. The van der Waals surface area contributed by atoms with Crippen molar-refractivity contribution in [2.45, 2.75) is 54.2 Å². The van der Waals surface area contributed by atoms with Crippen LogP contribution in [0, 0.1) is 0 Å². The molecule has 4 unspecified atom stereocenters. The number of likely N-dealkylation sites (N-methyl/N-ethyl adjacent to an activating group) is 1. The standard InChI is InChI=1S/C30H30N4O5/c1-34-15-28-14-29(21-11-18(35)7-8-20(21)28)13-23-17(12-30(29,39)27(28)34)10-19(26(38)33-23)25(37)32-22(24(31)36)9-16-5-3-2-4-6-16/h2-8,10-11,22,27,35,39H,9,12-15H2,1H3,(H2,31,36)(H,32,37)(H,33,38)/t22-,27?,28?,29?,30?/m0/s1. The van der Waals surface area contributed by atoms with Gasteiger partial charge in [-0.15, -0.1) is 0 Å². The van der Waals surface area contributed by atoms with E-state index in [9.17, 15) is 24.6 Å². The van der Waals surface area contributed by atoms with Crippen molar-refractivity contribution in [1.82, 2.24) is 15.2 Å². The van der Waals surface area contributed by atoms with E-state index in [1.807, 2.05) is 43.4 Å². The second-order valence-corrected chi connectivity index (χ2v) is 11.9. The number of aliphatic hydroxyl groups is 1. The molecule has 0 radical (unpaired) electrons. The number of aromatic amines is 1. The van der Waals surface area contributed by atoms with Crippen LogP contribution in [-0.4, -0.2) is 63.2 Å². The molecule has 3 aliphatic carbocycles. The SMILES string of the molecule is CN1CC23CC4(Cc5[nH]c(=O)c(C(=O)N[C@@H](Cc6ccccc6)C(N)=O)cc5CC4(O)C12)c1cc(O)ccc13. The fourth-order valence-corrected chi connectivity index (χ4v) is 8.45. The quantitative estimate of drug-likeness (QED) is 0.330. The summed E-state index contributed by atoms with van der Waals surface area (Å²) in [5, 5.41) is 25.4. The number of rotatable bonds is 5. The Morgan fingerprint density at radius 3 is 2.64 bits per heavy atom. The van der Waals surface area contributed by atoms with Crippen LogP contribution in [0.25, 0.3) is 0 Å². The number of likely N-dealkylation sites (tertiary alicyclic amines) is 1. The van der Waals surface area contributed by atoms with Crippen molar-refractivity contribution in [3.05, 3.63) is 98.5 Å². The number of phenolic OH excluding ortho intramolecular Hbond substituents is 1. The highest BCUT2D eigenvalue weighted by atomic mass is 16.3. The monoisotopic (exact) mass is 526 g/mol. The maximum Gasteiger partial charge on any atom is 0.261 e. The molecule has 2 heterocycles. The molecule has 3 aromatic rings. The molecule has 4 aliphatic rings. The number of H-pyrrole nitrogens is 1. The van der Waals surface area contributed by atoms with Crippen molar-refractivity contribution >= 4 is 11.8 Å². The zero-order valence-electron chi connectivity index (χ0n) is 21.5. The molecule has 1 aliphatic heterocycles. The van der Waals surface area contributed by atoms with Gasteiger partial charge in [0.05, 0.1) is 11.6 Å². The Morgan fingerprint density at radius 1 is 1.15 bits per heavy atom. The summed E-state index contributed by atoms with van der Waals surface area (Å²) in [7, 11) is 2.01. The Bertz CT molecular complexity index is 1620. The summed E-state index contributed by atoms with van der Waals surface area (Å²) in [5.74, 6) is -1.23. The number of hydrogen-bond donors (Lipinski definition) is 5. The fourth-order valence-electron chi connectivity index (χ4n) is 8.45. The third-order valence-corrected chi connectivity index (χ3v) is 9.78. The average Bonchev–Trinajstić information content (AvgIpc) is 3.25. The van der Waals surface area contributed by atoms with Gasteiger partial charge in [0, 0.05) is 42.3 Å². The summed E-state index contributed by atoms with van der Waals surface area (Å²) in [5.41, 5.74) is 7.25. The van der Waals surface area contributed by atoms with E-state index in [0.29, 0.717) is 17.7 Å². The number of nitrogens with zero attached hydrogens (tertiary/aromatic N) is 1. The van der Waals surface area contributed by atoms with Gasteiger partial charge in [-0.25, -0.2) is 0 Å². The minimum Gasteiger partial charge on any atom is -0.508 e. The van der Waals surface area contributed by atoms with Crippen molar-refractivity contribution in [2.75, 3.05) is 13.6 Å². The zero-order chi connectivity index (χ0) is 27.3. The predicted octanol–water partition coefficient (Wildman–Crippen LogP) is 0.644. The number of phenols is 1. The number of nitrogens with two attached hydrogens (primary N) is 1. The summed E-state index contributed by atoms with van der Waals surface area (Å²) in [6.07, 6.45) is 1.61. The van der Waals surface area contributed by atoms with Gasteiger partial charge in [-0.3, -0.25) is 19.3 Å². The van der Waals surface area contributed by atoms with Gasteiger partial charge in [-0.2, -0.15) is 0 Å². The van der Waals surface area contributed by atoms with Crippen LogP contribution in [0.4, 0.5) is 0 Å². The van der Waals surface area contributed by atoms with E-state index >= 15 is 0 Å². The highest BCUT2D eigenvalue weighted by Gasteiger charge is 2.80. The van der Waals surface area contributed by atoms with Gasteiger partial charge in [0.15, 0.2) is 0 Å². The molecule has 1 saturated heterocycles. The molecule has 1 aromatic heterocycles. The topological polar surface area (TPSA) is 149 Å². The number of amides is 2. The number of carbonyl (C=O) groups excluding carboxylic acids is 2. The fraction of sp³-hybridized carbons (Fsp3) is 0.367. The molecule has 7 rings (SSSR count). The Labute approximate surface area is 224 Å². The van der Waals surface area contributed by atoms with Crippen molar-refractivity contribution < 1.29 is 19.8 Å². The van der Waals surface area contributed by atoms with E-state index in [1.165, 1.54) is 5.56 Å². The number of fused-ring (bicyclic) bond motifs is 3.